The van der Waals surface area contributed by atoms with Gasteiger partial charge in [0.2, 0.25) is 15.9 Å². The van der Waals surface area contributed by atoms with Crippen LogP contribution in [0, 0.1) is 0 Å². The maximum absolute atomic E-state index is 13.2. The number of carbonyl (C=O) groups excluding carboxylic acids is 1. The van der Waals surface area contributed by atoms with Gasteiger partial charge in [-0.3, -0.25) is 9.36 Å². The fourth-order valence-electron chi connectivity index (χ4n) is 3.73. The number of para-hydroxylation sites is 1. The minimum Gasteiger partial charge on any atom is -0.496 e. The van der Waals surface area contributed by atoms with E-state index < -0.39 is 27.7 Å². The Hall–Kier alpha value is -3.89. The van der Waals surface area contributed by atoms with Gasteiger partial charge in [0.05, 0.1) is 17.5 Å². The number of fused-ring (bicyclic) bond motifs is 1. The monoisotopic (exact) mass is 495 g/mol. The van der Waals surface area contributed by atoms with Gasteiger partial charge in [-0.15, -0.1) is 0 Å². The SMILES string of the molecule is COc1ccccc1CNC(=O)[C@@H](Cc1ccccc1)NS(=O)(=O)c1ccc2c(c1)oc(=O)n2C. The summed E-state index contributed by atoms with van der Waals surface area (Å²) in [6, 6.07) is 19.4. The molecule has 0 aliphatic heterocycles. The summed E-state index contributed by atoms with van der Waals surface area (Å²) in [5.41, 5.74) is 2.15. The lowest BCUT2D eigenvalue weighted by atomic mass is 10.1. The van der Waals surface area contributed by atoms with Gasteiger partial charge in [-0.25, -0.2) is 13.2 Å². The maximum atomic E-state index is 13.2. The first kappa shape index (κ1) is 24.2. The predicted octanol–water partition coefficient (Wildman–Crippen LogP) is 2.35. The molecule has 0 radical (unpaired) electrons. The predicted molar refractivity (Wildman–Crippen MR) is 131 cm³/mol. The smallest absolute Gasteiger partial charge is 0.419 e. The molecule has 4 rings (SSSR count). The van der Waals surface area contributed by atoms with Gasteiger partial charge in [0, 0.05) is 25.2 Å². The van der Waals surface area contributed by atoms with Gasteiger partial charge in [-0.05, 0) is 30.2 Å². The quantitative estimate of drug-likeness (QED) is 0.368. The van der Waals surface area contributed by atoms with E-state index in [9.17, 15) is 18.0 Å². The Morgan fingerprint density at radius 1 is 1.06 bits per heavy atom. The number of aromatic nitrogens is 1. The third kappa shape index (κ3) is 5.44. The minimum atomic E-state index is -4.12. The molecule has 0 saturated heterocycles. The highest BCUT2D eigenvalue weighted by atomic mass is 32.2. The van der Waals surface area contributed by atoms with E-state index in [0.717, 1.165) is 11.1 Å². The van der Waals surface area contributed by atoms with Crippen molar-refractivity contribution in [2.24, 2.45) is 7.05 Å². The molecule has 35 heavy (non-hydrogen) atoms. The van der Waals surface area contributed by atoms with Crippen LogP contribution in [0.1, 0.15) is 11.1 Å². The van der Waals surface area contributed by atoms with Crippen molar-refractivity contribution in [3.63, 3.8) is 0 Å². The summed E-state index contributed by atoms with van der Waals surface area (Å²) in [6.07, 6.45) is 0.139. The second-order valence-electron chi connectivity index (χ2n) is 7.95. The molecule has 1 atom stereocenters. The standard InChI is InChI=1S/C25H25N3O6S/c1-28-21-13-12-19(15-23(21)34-25(28)30)35(31,32)27-20(14-17-8-4-3-5-9-17)24(29)26-16-18-10-6-7-11-22(18)33-2/h3-13,15,20,27H,14,16H2,1-2H3,(H,26,29)/t20-/m1/s1. The van der Waals surface area contributed by atoms with E-state index >= 15 is 0 Å². The maximum Gasteiger partial charge on any atom is 0.419 e. The van der Waals surface area contributed by atoms with Gasteiger partial charge >= 0.3 is 5.76 Å². The number of rotatable bonds is 9. The highest BCUT2D eigenvalue weighted by Crippen LogP contribution is 2.19. The molecule has 9 nitrogen and oxygen atoms in total. The number of aryl methyl sites for hydroxylation is 1. The van der Waals surface area contributed by atoms with Crippen LogP contribution in [-0.2, 0) is 34.8 Å². The Kier molecular flexibility index (Phi) is 7.04. The van der Waals surface area contributed by atoms with Gasteiger partial charge in [-0.1, -0.05) is 48.5 Å². The molecule has 4 aromatic rings. The zero-order chi connectivity index (χ0) is 25.0. The lowest BCUT2D eigenvalue weighted by Crippen LogP contribution is -2.47. The van der Waals surface area contributed by atoms with Gasteiger partial charge in [-0.2, -0.15) is 4.72 Å². The minimum absolute atomic E-state index is 0.116. The van der Waals surface area contributed by atoms with E-state index in [4.69, 9.17) is 9.15 Å². The molecule has 182 valence electrons. The Labute approximate surface area is 202 Å². The normalized spacial score (nSPS) is 12.4. The highest BCUT2D eigenvalue weighted by molar-refractivity contribution is 7.89. The summed E-state index contributed by atoms with van der Waals surface area (Å²) in [7, 11) is -1.05. The Bertz CT molecular complexity index is 1510. The Morgan fingerprint density at radius 3 is 2.51 bits per heavy atom. The summed E-state index contributed by atoms with van der Waals surface area (Å²) in [5, 5.41) is 2.80. The number of nitrogens with one attached hydrogen (secondary N) is 2. The van der Waals surface area contributed by atoms with Crippen molar-refractivity contribution in [3.8, 4) is 5.75 Å². The van der Waals surface area contributed by atoms with Crippen molar-refractivity contribution in [2.75, 3.05) is 7.11 Å². The largest absolute Gasteiger partial charge is 0.496 e. The first-order valence-electron chi connectivity index (χ1n) is 10.8. The fraction of sp³-hybridized carbons (Fsp3) is 0.200. The van der Waals surface area contributed by atoms with Crippen LogP contribution in [0.5, 0.6) is 5.75 Å². The molecule has 0 saturated carbocycles. The van der Waals surface area contributed by atoms with Crippen LogP contribution in [0.4, 0.5) is 0 Å². The number of methoxy groups -OCH3 is 1. The second kappa shape index (κ2) is 10.2. The molecular weight excluding hydrogens is 470 g/mol. The summed E-state index contributed by atoms with van der Waals surface area (Å²) in [4.78, 5) is 24.8. The van der Waals surface area contributed by atoms with Gasteiger partial charge in [0.15, 0.2) is 5.58 Å². The van der Waals surface area contributed by atoms with Gasteiger partial charge < -0.3 is 14.5 Å². The van der Waals surface area contributed by atoms with Crippen LogP contribution in [-0.4, -0.2) is 32.0 Å². The topological polar surface area (TPSA) is 120 Å². The van der Waals surface area contributed by atoms with Gasteiger partial charge in [0.1, 0.15) is 11.8 Å². The highest BCUT2D eigenvalue weighted by Gasteiger charge is 2.27. The van der Waals surface area contributed by atoms with E-state index in [1.807, 2.05) is 48.5 Å². The molecule has 0 aliphatic carbocycles. The molecule has 0 spiro atoms. The number of hydrogen-bond donors (Lipinski definition) is 2. The van der Waals surface area contributed by atoms with Crippen molar-refractivity contribution in [3.05, 3.63) is 94.5 Å². The van der Waals surface area contributed by atoms with E-state index in [1.54, 1.807) is 13.2 Å². The fourth-order valence-corrected chi connectivity index (χ4v) is 4.94. The number of carbonyl (C=O) groups is 1. The number of hydrogen-bond acceptors (Lipinski definition) is 6. The van der Waals surface area contributed by atoms with Crippen LogP contribution in [0.3, 0.4) is 0 Å². The molecule has 2 N–H and O–H groups in total. The number of oxazole rings is 1. The lowest BCUT2D eigenvalue weighted by Gasteiger charge is -2.19. The number of nitrogens with zero attached hydrogens (tertiary/aromatic N) is 1. The molecule has 1 aromatic heterocycles. The zero-order valence-electron chi connectivity index (χ0n) is 19.2. The molecular formula is C25H25N3O6S. The summed E-state index contributed by atoms with van der Waals surface area (Å²) < 4.78 is 40.6. The number of ether oxygens (including phenoxy) is 1. The van der Waals surface area contributed by atoms with Crippen molar-refractivity contribution >= 4 is 27.0 Å². The Balaban J connectivity index is 1.59. The molecule has 10 heteroatoms. The number of benzene rings is 3. The second-order valence-corrected chi connectivity index (χ2v) is 9.66. The molecule has 0 unspecified atom stereocenters. The molecule has 0 fully saturated rings. The lowest BCUT2D eigenvalue weighted by molar-refractivity contribution is -0.122. The number of sulfonamides is 1. The van der Waals surface area contributed by atoms with Crippen LogP contribution in [0.2, 0.25) is 0 Å². The molecule has 0 aliphatic rings. The molecule has 3 aromatic carbocycles. The summed E-state index contributed by atoms with van der Waals surface area (Å²) in [6.45, 7) is 0.164. The van der Waals surface area contributed by atoms with Crippen molar-refractivity contribution in [2.45, 2.75) is 23.9 Å². The summed E-state index contributed by atoms with van der Waals surface area (Å²) >= 11 is 0. The first-order valence-corrected chi connectivity index (χ1v) is 12.3. The average Bonchev–Trinajstić information content (AvgIpc) is 3.15. The molecule has 0 bridgehead atoms. The summed E-state index contributed by atoms with van der Waals surface area (Å²) in [5.74, 6) is -0.471. The molecule has 1 amide bonds. The Morgan fingerprint density at radius 2 is 1.77 bits per heavy atom. The third-order valence-electron chi connectivity index (χ3n) is 5.62. The third-order valence-corrected chi connectivity index (χ3v) is 7.09. The zero-order valence-corrected chi connectivity index (χ0v) is 20.0. The van der Waals surface area contributed by atoms with Crippen LogP contribution in [0.15, 0.2) is 86.9 Å². The molecule has 1 heterocycles. The van der Waals surface area contributed by atoms with Crippen LogP contribution < -0.4 is 20.5 Å². The average molecular weight is 496 g/mol. The van der Waals surface area contributed by atoms with E-state index in [1.165, 1.54) is 29.8 Å². The van der Waals surface area contributed by atoms with Crippen molar-refractivity contribution in [1.29, 1.82) is 0 Å². The van der Waals surface area contributed by atoms with Crippen molar-refractivity contribution < 1.29 is 22.4 Å². The van der Waals surface area contributed by atoms with E-state index in [-0.39, 0.29) is 23.4 Å². The van der Waals surface area contributed by atoms with E-state index in [0.29, 0.717) is 11.3 Å². The van der Waals surface area contributed by atoms with Gasteiger partial charge in [0.25, 0.3) is 0 Å². The van der Waals surface area contributed by atoms with E-state index in [2.05, 4.69) is 10.0 Å². The van der Waals surface area contributed by atoms with Crippen LogP contribution >= 0.6 is 0 Å². The number of amides is 1. The van der Waals surface area contributed by atoms with Crippen LogP contribution in [0.25, 0.3) is 11.1 Å². The van der Waals surface area contributed by atoms with Crippen molar-refractivity contribution in [1.82, 2.24) is 14.6 Å². The first-order chi connectivity index (χ1) is 16.8.